The Kier molecular flexibility index (Phi) is 7.39. The molecule has 35 heavy (non-hydrogen) atoms. The van der Waals surface area contributed by atoms with Crippen LogP contribution < -0.4 is 0 Å². The van der Waals surface area contributed by atoms with Crippen molar-refractivity contribution in [3.63, 3.8) is 0 Å². The number of carbonyl (C=O) groups excluding carboxylic acids is 1. The summed E-state index contributed by atoms with van der Waals surface area (Å²) in [6.07, 6.45) is -3.52. The fraction of sp³-hybridized carbons (Fsp3) is 0.400. The zero-order valence-corrected chi connectivity index (χ0v) is 19.0. The molecule has 2 aromatic rings. The number of amides is 2. The van der Waals surface area contributed by atoms with Gasteiger partial charge in [0.15, 0.2) is 0 Å². The number of hydrogen-bond acceptors (Lipinski definition) is 1. The number of alkyl halides is 6. The Morgan fingerprint density at radius 2 is 1.69 bits per heavy atom. The first-order valence-electron chi connectivity index (χ1n) is 10.7. The van der Waals surface area contributed by atoms with E-state index in [9.17, 15) is 35.5 Å². The second-order valence-electron chi connectivity index (χ2n) is 8.65. The van der Waals surface area contributed by atoms with Crippen LogP contribution in [0.25, 0.3) is 0 Å². The van der Waals surface area contributed by atoms with E-state index in [1.165, 1.54) is 24.1 Å². The number of likely N-dealkylation sites (tertiary alicyclic amines) is 1. The number of terminal acetylenes is 1. The summed E-state index contributed by atoms with van der Waals surface area (Å²) < 4.78 is 92.8. The van der Waals surface area contributed by atoms with E-state index in [0.717, 1.165) is 4.90 Å². The third-order valence-corrected chi connectivity index (χ3v) is 6.07. The molecular formula is C25H23F7N2O. The molecule has 1 saturated heterocycles. The average molecular weight is 500 g/mol. The molecule has 10 heteroatoms. The van der Waals surface area contributed by atoms with Gasteiger partial charge in [-0.2, -0.15) is 26.3 Å². The first-order chi connectivity index (χ1) is 16.2. The van der Waals surface area contributed by atoms with Gasteiger partial charge >= 0.3 is 18.4 Å². The van der Waals surface area contributed by atoms with Crippen molar-refractivity contribution in [3.05, 3.63) is 70.0 Å². The second kappa shape index (κ2) is 9.80. The van der Waals surface area contributed by atoms with E-state index in [0.29, 0.717) is 36.1 Å². The molecule has 2 atom stereocenters. The van der Waals surface area contributed by atoms with Gasteiger partial charge in [0.2, 0.25) is 0 Å². The van der Waals surface area contributed by atoms with Crippen LogP contribution in [0.15, 0.2) is 36.4 Å². The predicted molar refractivity (Wildman–Crippen MR) is 115 cm³/mol. The summed E-state index contributed by atoms with van der Waals surface area (Å²) in [6, 6.07) is 4.28. The van der Waals surface area contributed by atoms with Gasteiger partial charge in [-0.15, -0.1) is 12.3 Å². The van der Waals surface area contributed by atoms with E-state index in [-0.39, 0.29) is 24.1 Å². The summed E-state index contributed by atoms with van der Waals surface area (Å²) in [4.78, 5) is 15.9. The quantitative estimate of drug-likeness (QED) is 0.336. The standard InChI is InChI=1S/C25H23F7N2O/c1-4-16-7-8-34(22(12-16)21-6-5-20(26)9-15(21)2)23(35)33(3)14-17-10-18(24(27,28)29)13-19(11-17)25(30,31)32/h1,5-6,9-11,13,16,22H,7-8,12,14H2,2-3H3/t16?,22-/m1/s1. The van der Waals surface area contributed by atoms with Gasteiger partial charge in [-0.25, -0.2) is 9.18 Å². The molecule has 0 radical (unpaired) electrons. The van der Waals surface area contributed by atoms with Crippen LogP contribution in [0.4, 0.5) is 35.5 Å². The lowest BCUT2D eigenvalue weighted by atomic mass is 9.86. The van der Waals surface area contributed by atoms with Crippen LogP contribution in [0, 0.1) is 31.0 Å². The lowest BCUT2D eigenvalue weighted by molar-refractivity contribution is -0.143. The lowest BCUT2D eigenvalue weighted by Crippen LogP contribution is -2.46. The number of carbonyl (C=O) groups is 1. The molecule has 0 aromatic heterocycles. The number of benzene rings is 2. The van der Waals surface area contributed by atoms with E-state index in [1.54, 1.807) is 13.0 Å². The van der Waals surface area contributed by atoms with Crippen LogP contribution in [0.5, 0.6) is 0 Å². The Bertz CT molecular complexity index is 1100. The van der Waals surface area contributed by atoms with Gasteiger partial charge < -0.3 is 9.80 Å². The molecule has 1 unspecified atom stereocenters. The van der Waals surface area contributed by atoms with Crippen LogP contribution in [0.3, 0.4) is 0 Å². The third-order valence-electron chi connectivity index (χ3n) is 6.07. The van der Waals surface area contributed by atoms with E-state index < -0.39 is 47.9 Å². The Balaban J connectivity index is 1.91. The van der Waals surface area contributed by atoms with Crippen molar-refractivity contribution in [1.82, 2.24) is 9.80 Å². The molecule has 2 amide bonds. The largest absolute Gasteiger partial charge is 0.416 e. The van der Waals surface area contributed by atoms with Crippen LogP contribution in [-0.4, -0.2) is 29.4 Å². The molecule has 1 aliphatic heterocycles. The number of rotatable bonds is 3. The Morgan fingerprint density at radius 1 is 1.09 bits per heavy atom. The van der Waals surface area contributed by atoms with Gasteiger partial charge in [-0.05, 0) is 66.8 Å². The van der Waals surface area contributed by atoms with E-state index in [1.807, 2.05) is 0 Å². The summed E-state index contributed by atoms with van der Waals surface area (Å²) in [5.74, 6) is 2.07. The maximum Gasteiger partial charge on any atom is 0.416 e. The van der Waals surface area contributed by atoms with Crippen molar-refractivity contribution in [2.24, 2.45) is 5.92 Å². The Morgan fingerprint density at radius 3 is 2.20 bits per heavy atom. The maximum atomic E-state index is 13.6. The molecule has 3 rings (SSSR count). The van der Waals surface area contributed by atoms with Gasteiger partial charge in [-0.1, -0.05) is 6.07 Å². The van der Waals surface area contributed by atoms with Gasteiger partial charge in [0.1, 0.15) is 5.82 Å². The molecule has 188 valence electrons. The average Bonchev–Trinajstić information content (AvgIpc) is 2.77. The number of nitrogens with zero attached hydrogens (tertiary/aromatic N) is 2. The molecule has 0 aliphatic carbocycles. The first-order valence-corrected chi connectivity index (χ1v) is 10.7. The summed E-state index contributed by atoms with van der Waals surface area (Å²) >= 11 is 0. The van der Waals surface area contributed by atoms with Crippen LogP contribution >= 0.6 is 0 Å². The molecule has 0 bridgehead atoms. The molecule has 1 heterocycles. The normalized spacial score (nSPS) is 18.8. The van der Waals surface area contributed by atoms with Crippen LogP contribution in [0.1, 0.15) is 46.7 Å². The third kappa shape index (κ3) is 6.08. The Labute approximate surface area is 198 Å². The van der Waals surface area contributed by atoms with Crippen molar-refractivity contribution in [1.29, 1.82) is 0 Å². The second-order valence-corrected chi connectivity index (χ2v) is 8.65. The SMILES string of the molecule is C#CC1CCN(C(=O)N(C)Cc2cc(C(F)(F)F)cc(C(F)(F)F)c2)[C@@H](c2ccc(F)cc2C)C1. The monoisotopic (exact) mass is 500 g/mol. The fourth-order valence-corrected chi connectivity index (χ4v) is 4.32. The van der Waals surface area contributed by atoms with Crippen LogP contribution in [-0.2, 0) is 18.9 Å². The zero-order chi connectivity index (χ0) is 26.1. The van der Waals surface area contributed by atoms with E-state index in [2.05, 4.69) is 5.92 Å². The number of halogens is 7. The minimum Gasteiger partial charge on any atom is -0.323 e. The minimum atomic E-state index is -4.99. The molecule has 0 N–H and O–H groups in total. The molecule has 1 fully saturated rings. The number of hydrogen-bond donors (Lipinski definition) is 0. The van der Waals surface area contributed by atoms with E-state index >= 15 is 0 Å². The highest BCUT2D eigenvalue weighted by Crippen LogP contribution is 2.38. The molecular weight excluding hydrogens is 477 g/mol. The summed E-state index contributed by atoms with van der Waals surface area (Å²) in [6.45, 7) is 1.44. The van der Waals surface area contributed by atoms with Gasteiger partial charge in [0.05, 0.1) is 17.2 Å². The summed E-state index contributed by atoms with van der Waals surface area (Å²) in [7, 11) is 1.30. The predicted octanol–water partition coefficient (Wildman–Crippen LogP) is 6.81. The molecule has 2 aromatic carbocycles. The highest BCUT2D eigenvalue weighted by molar-refractivity contribution is 5.75. The number of aryl methyl sites for hydroxylation is 1. The molecule has 0 saturated carbocycles. The van der Waals surface area contributed by atoms with Gasteiger partial charge in [0, 0.05) is 26.1 Å². The highest BCUT2D eigenvalue weighted by atomic mass is 19.4. The molecule has 0 spiro atoms. The van der Waals surface area contributed by atoms with Gasteiger partial charge in [-0.3, -0.25) is 0 Å². The Hall–Kier alpha value is -3.22. The maximum absolute atomic E-state index is 13.6. The van der Waals surface area contributed by atoms with Crippen molar-refractivity contribution < 1.29 is 35.5 Å². The highest BCUT2D eigenvalue weighted by Gasteiger charge is 2.38. The smallest absolute Gasteiger partial charge is 0.323 e. The van der Waals surface area contributed by atoms with Gasteiger partial charge in [0.25, 0.3) is 0 Å². The summed E-state index contributed by atoms with van der Waals surface area (Å²) in [5.41, 5.74) is -1.93. The van der Waals surface area contributed by atoms with Crippen molar-refractivity contribution >= 4 is 6.03 Å². The van der Waals surface area contributed by atoms with E-state index in [4.69, 9.17) is 6.42 Å². The van der Waals surface area contributed by atoms with Crippen molar-refractivity contribution in [2.75, 3.05) is 13.6 Å². The number of piperidine rings is 1. The number of urea groups is 1. The fourth-order valence-electron chi connectivity index (χ4n) is 4.32. The van der Waals surface area contributed by atoms with Crippen LogP contribution in [0.2, 0.25) is 0 Å². The topological polar surface area (TPSA) is 23.6 Å². The minimum absolute atomic E-state index is 0.0449. The first kappa shape index (κ1) is 26.4. The molecule has 3 nitrogen and oxygen atoms in total. The van der Waals surface area contributed by atoms with Crippen molar-refractivity contribution in [2.45, 2.75) is 44.7 Å². The molecule has 1 aliphatic rings. The zero-order valence-electron chi connectivity index (χ0n) is 19.0. The summed E-state index contributed by atoms with van der Waals surface area (Å²) in [5, 5.41) is 0. The lowest BCUT2D eigenvalue weighted by Gasteiger charge is -2.41. The van der Waals surface area contributed by atoms with Crippen molar-refractivity contribution in [3.8, 4) is 12.3 Å².